The van der Waals surface area contributed by atoms with E-state index in [4.69, 9.17) is 11.6 Å². The molecule has 78 valence electrons. The molecule has 5 heteroatoms. The summed E-state index contributed by atoms with van der Waals surface area (Å²) >= 11 is 5.86. The van der Waals surface area contributed by atoms with E-state index in [1.54, 1.807) is 4.68 Å². The van der Waals surface area contributed by atoms with E-state index >= 15 is 0 Å². The zero-order valence-corrected chi connectivity index (χ0v) is 8.91. The van der Waals surface area contributed by atoms with Crippen LogP contribution in [0, 0.1) is 5.92 Å². The molecule has 0 spiro atoms. The highest BCUT2D eigenvalue weighted by atomic mass is 35.5. The van der Waals surface area contributed by atoms with Crippen LogP contribution in [0.25, 0.3) is 0 Å². The summed E-state index contributed by atoms with van der Waals surface area (Å²) in [6.07, 6.45) is 2.56. The molecule has 0 aliphatic carbocycles. The Bertz CT molecular complexity index is 326. The number of halogens is 1. The Morgan fingerprint density at radius 2 is 2.50 bits per heavy atom. The Balaban J connectivity index is 2.01. The Hall–Kier alpha value is -0.740. The molecule has 2 heterocycles. The maximum atomic E-state index is 9.24. The van der Waals surface area contributed by atoms with Crippen LogP contribution in [0.1, 0.15) is 6.42 Å². The number of rotatable bonds is 2. The van der Waals surface area contributed by atoms with Gasteiger partial charge < -0.3 is 10.0 Å². The lowest BCUT2D eigenvalue weighted by Gasteiger charge is -2.10. The van der Waals surface area contributed by atoms with Crippen LogP contribution in [-0.2, 0) is 6.54 Å². The van der Waals surface area contributed by atoms with Crippen LogP contribution in [0.2, 0.25) is 5.15 Å². The number of hydrogen-bond acceptors (Lipinski definition) is 3. The van der Waals surface area contributed by atoms with Crippen LogP contribution < -0.4 is 0 Å². The van der Waals surface area contributed by atoms with Crippen molar-refractivity contribution < 1.29 is 5.11 Å². The molecule has 1 atom stereocenters. The molecule has 1 fully saturated rings. The van der Waals surface area contributed by atoms with Crippen molar-refractivity contribution in [1.82, 2.24) is 14.7 Å². The molecule has 0 amide bonds. The molecule has 1 aliphatic heterocycles. The van der Waals surface area contributed by atoms with Crippen molar-refractivity contribution in [2.75, 3.05) is 20.1 Å². The molecule has 0 radical (unpaired) electrons. The molecule has 0 saturated carbocycles. The second-order valence-electron chi connectivity index (χ2n) is 3.92. The summed E-state index contributed by atoms with van der Waals surface area (Å²) in [6, 6.07) is 0. The fourth-order valence-corrected chi connectivity index (χ4v) is 2.07. The van der Waals surface area contributed by atoms with Gasteiger partial charge in [-0.05, 0) is 25.9 Å². The van der Waals surface area contributed by atoms with E-state index in [1.165, 1.54) is 12.6 Å². The third kappa shape index (κ3) is 1.86. The third-order valence-corrected chi connectivity index (χ3v) is 3.07. The summed E-state index contributed by atoms with van der Waals surface area (Å²) in [4.78, 5) is 2.29. The number of aromatic hydroxyl groups is 1. The Labute approximate surface area is 88.1 Å². The van der Waals surface area contributed by atoms with Crippen molar-refractivity contribution in [1.29, 1.82) is 0 Å². The van der Waals surface area contributed by atoms with Crippen LogP contribution in [0.5, 0.6) is 5.75 Å². The van der Waals surface area contributed by atoms with Gasteiger partial charge in [-0.15, -0.1) is 0 Å². The monoisotopic (exact) mass is 215 g/mol. The van der Waals surface area contributed by atoms with E-state index in [0.717, 1.165) is 19.6 Å². The van der Waals surface area contributed by atoms with Gasteiger partial charge in [-0.2, -0.15) is 5.10 Å². The van der Waals surface area contributed by atoms with E-state index in [-0.39, 0.29) is 5.75 Å². The van der Waals surface area contributed by atoms with Gasteiger partial charge in [0.2, 0.25) is 0 Å². The molecule has 4 nitrogen and oxygen atoms in total. The van der Waals surface area contributed by atoms with Gasteiger partial charge in [-0.25, -0.2) is 0 Å². The van der Waals surface area contributed by atoms with Gasteiger partial charge in [0.05, 0.1) is 6.20 Å². The van der Waals surface area contributed by atoms with Crippen molar-refractivity contribution in [3.8, 4) is 5.75 Å². The third-order valence-electron chi connectivity index (χ3n) is 2.68. The van der Waals surface area contributed by atoms with E-state index in [0.29, 0.717) is 11.1 Å². The lowest BCUT2D eigenvalue weighted by atomic mass is 10.1. The van der Waals surface area contributed by atoms with Crippen molar-refractivity contribution in [2.45, 2.75) is 13.0 Å². The fourth-order valence-electron chi connectivity index (χ4n) is 1.91. The first-order valence-corrected chi connectivity index (χ1v) is 5.13. The number of aromatic nitrogens is 2. The predicted octanol–water partition coefficient (Wildman–Crippen LogP) is 1.19. The zero-order chi connectivity index (χ0) is 10.1. The van der Waals surface area contributed by atoms with E-state index in [2.05, 4.69) is 17.0 Å². The molecule has 2 rings (SSSR count). The molecule has 1 aliphatic rings. The lowest BCUT2D eigenvalue weighted by Crippen LogP contribution is -2.17. The highest BCUT2D eigenvalue weighted by Gasteiger charge is 2.21. The first-order chi connectivity index (χ1) is 6.66. The van der Waals surface area contributed by atoms with Crippen LogP contribution in [0.15, 0.2) is 6.20 Å². The molecule has 1 saturated heterocycles. The maximum absolute atomic E-state index is 9.24. The van der Waals surface area contributed by atoms with Crippen LogP contribution in [0.3, 0.4) is 0 Å². The molecular weight excluding hydrogens is 202 g/mol. The molecule has 1 aromatic rings. The quantitative estimate of drug-likeness (QED) is 0.806. The first-order valence-electron chi connectivity index (χ1n) is 4.75. The average Bonchev–Trinajstić information content (AvgIpc) is 2.67. The van der Waals surface area contributed by atoms with Crippen molar-refractivity contribution in [3.63, 3.8) is 0 Å². The number of likely N-dealkylation sites (tertiary alicyclic amines) is 1. The van der Waals surface area contributed by atoms with Gasteiger partial charge in [0.15, 0.2) is 10.9 Å². The van der Waals surface area contributed by atoms with Crippen LogP contribution >= 0.6 is 11.6 Å². The van der Waals surface area contributed by atoms with Crippen molar-refractivity contribution >= 4 is 11.6 Å². The predicted molar refractivity (Wildman–Crippen MR) is 54.5 cm³/mol. The molecule has 0 bridgehead atoms. The SMILES string of the molecule is CN1CCC(Cn2ncc(O)c2Cl)C1. The Morgan fingerprint density at radius 1 is 1.71 bits per heavy atom. The molecule has 1 aromatic heterocycles. The highest BCUT2D eigenvalue weighted by molar-refractivity contribution is 6.30. The molecule has 14 heavy (non-hydrogen) atoms. The molecule has 0 aromatic carbocycles. The van der Waals surface area contributed by atoms with Crippen LogP contribution in [-0.4, -0.2) is 39.9 Å². The van der Waals surface area contributed by atoms with Gasteiger partial charge in [0.1, 0.15) is 0 Å². The first kappa shape index (κ1) is 9.80. The minimum atomic E-state index is 0.0676. The minimum Gasteiger partial charge on any atom is -0.504 e. The summed E-state index contributed by atoms with van der Waals surface area (Å²) in [5.41, 5.74) is 0. The van der Waals surface area contributed by atoms with Gasteiger partial charge in [0.25, 0.3) is 0 Å². The normalized spacial score (nSPS) is 23.1. The fraction of sp³-hybridized carbons (Fsp3) is 0.667. The van der Waals surface area contributed by atoms with Gasteiger partial charge in [-0.1, -0.05) is 11.6 Å². The van der Waals surface area contributed by atoms with Gasteiger partial charge >= 0.3 is 0 Å². The van der Waals surface area contributed by atoms with Crippen LogP contribution in [0.4, 0.5) is 0 Å². The van der Waals surface area contributed by atoms with Crippen molar-refractivity contribution in [2.24, 2.45) is 5.92 Å². The average molecular weight is 216 g/mol. The molecule has 1 N–H and O–H groups in total. The minimum absolute atomic E-state index is 0.0676. The van der Waals surface area contributed by atoms with E-state index < -0.39 is 0 Å². The summed E-state index contributed by atoms with van der Waals surface area (Å²) in [5.74, 6) is 0.662. The highest BCUT2D eigenvalue weighted by Crippen LogP contribution is 2.24. The number of nitrogens with zero attached hydrogens (tertiary/aromatic N) is 3. The zero-order valence-electron chi connectivity index (χ0n) is 8.15. The standard InChI is InChI=1S/C9H14ClN3O/c1-12-3-2-7(5-12)6-13-9(10)8(14)4-11-13/h4,7,14H,2-3,5-6H2,1H3. The smallest absolute Gasteiger partial charge is 0.172 e. The lowest BCUT2D eigenvalue weighted by molar-refractivity contribution is 0.369. The second kappa shape index (κ2) is 3.79. The molecule has 1 unspecified atom stereocenters. The largest absolute Gasteiger partial charge is 0.504 e. The van der Waals surface area contributed by atoms with E-state index in [1.807, 2.05) is 0 Å². The summed E-state index contributed by atoms with van der Waals surface area (Å²) < 4.78 is 1.67. The summed E-state index contributed by atoms with van der Waals surface area (Å²) in [6.45, 7) is 3.01. The maximum Gasteiger partial charge on any atom is 0.172 e. The topological polar surface area (TPSA) is 41.3 Å². The summed E-state index contributed by atoms with van der Waals surface area (Å²) in [7, 11) is 2.11. The Morgan fingerprint density at radius 3 is 3.00 bits per heavy atom. The van der Waals surface area contributed by atoms with E-state index in [9.17, 15) is 5.11 Å². The molecular formula is C9H14ClN3O. The number of hydrogen-bond donors (Lipinski definition) is 1. The van der Waals surface area contributed by atoms with Crippen molar-refractivity contribution in [3.05, 3.63) is 11.3 Å². The summed E-state index contributed by atoms with van der Waals surface area (Å²) in [5, 5.41) is 13.6. The van der Waals surface area contributed by atoms with Gasteiger partial charge in [-0.3, -0.25) is 4.68 Å². The van der Waals surface area contributed by atoms with Gasteiger partial charge in [0, 0.05) is 13.1 Å². The Kier molecular flexibility index (Phi) is 2.65. The second-order valence-corrected chi connectivity index (χ2v) is 4.28.